The number of rotatable bonds is 5. The molecule has 0 amide bonds. The third-order valence-corrected chi connectivity index (χ3v) is 4.92. The molecule has 0 aromatic heterocycles. The minimum atomic E-state index is 0.166. The second kappa shape index (κ2) is 6.46. The molecule has 2 fully saturated rings. The Kier molecular flexibility index (Phi) is 4.64. The summed E-state index contributed by atoms with van der Waals surface area (Å²) >= 11 is 3.66. The van der Waals surface area contributed by atoms with Crippen LogP contribution in [0.5, 0.6) is 5.75 Å². The Morgan fingerprint density at radius 3 is 2.95 bits per heavy atom. The summed E-state index contributed by atoms with van der Waals surface area (Å²) in [4.78, 5) is 0. The van der Waals surface area contributed by atoms with Gasteiger partial charge in [-0.1, -0.05) is 15.9 Å². The van der Waals surface area contributed by atoms with E-state index in [0.29, 0.717) is 5.92 Å². The molecule has 1 N–H and O–H groups in total. The van der Waals surface area contributed by atoms with Crippen molar-refractivity contribution in [2.24, 2.45) is 5.92 Å². The van der Waals surface area contributed by atoms with Crippen molar-refractivity contribution in [3.63, 3.8) is 0 Å². The lowest BCUT2D eigenvalue weighted by Gasteiger charge is -2.33. The summed E-state index contributed by atoms with van der Waals surface area (Å²) in [6.45, 7) is 1.91. The molecule has 0 bridgehead atoms. The van der Waals surface area contributed by atoms with E-state index in [1.807, 2.05) is 6.07 Å². The molecule has 110 valence electrons. The van der Waals surface area contributed by atoms with Crippen LogP contribution in [0.25, 0.3) is 0 Å². The van der Waals surface area contributed by atoms with Gasteiger partial charge in [0.1, 0.15) is 5.75 Å². The highest BCUT2D eigenvalue weighted by atomic mass is 79.9. The Hall–Kier alpha value is -0.580. The number of ether oxygens (including phenoxy) is 2. The summed E-state index contributed by atoms with van der Waals surface area (Å²) in [5.74, 6) is 1.44. The Bertz CT molecular complexity index is 462. The number of hydrogen-bond acceptors (Lipinski definition) is 3. The fraction of sp³-hybridized carbons (Fsp3) is 0.625. The van der Waals surface area contributed by atoms with Crippen LogP contribution in [0.3, 0.4) is 0 Å². The van der Waals surface area contributed by atoms with Crippen LogP contribution >= 0.6 is 15.9 Å². The number of methoxy groups -OCH3 is 1. The molecule has 0 radical (unpaired) electrons. The third kappa shape index (κ3) is 3.35. The molecule has 3 rings (SSSR count). The number of benzene rings is 1. The molecule has 1 heterocycles. The largest absolute Gasteiger partial charge is 0.497 e. The minimum absolute atomic E-state index is 0.166. The van der Waals surface area contributed by atoms with Crippen molar-refractivity contribution in [1.82, 2.24) is 5.32 Å². The third-order valence-electron chi connectivity index (χ3n) is 4.20. The van der Waals surface area contributed by atoms with Gasteiger partial charge in [-0.2, -0.15) is 0 Å². The molecule has 2 unspecified atom stereocenters. The Morgan fingerprint density at radius 1 is 1.35 bits per heavy atom. The van der Waals surface area contributed by atoms with E-state index in [0.717, 1.165) is 35.8 Å². The smallest absolute Gasteiger partial charge is 0.119 e. The van der Waals surface area contributed by atoms with E-state index in [2.05, 4.69) is 33.4 Å². The van der Waals surface area contributed by atoms with Gasteiger partial charge < -0.3 is 14.8 Å². The molecular formula is C16H22BrNO2. The first-order valence-electron chi connectivity index (χ1n) is 7.46. The van der Waals surface area contributed by atoms with Crippen LogP contribution in [0.4, 0.5) is 0 Å². The fourth-order valence-electron chi connectivity index (χ4n) is 2.87. The summed E-state index contributed by atoms with van der Waals surface area (Å²) in [6.07, 6.45) is 5.23. The summed E-state index contributed by atoms with van der Waals surface area (Å²) in [7, 11) is 1.71. The van der Waals surface area contributed by atoms with Gasteiger partial charge in [0.05, 0.1) is 13.2 Å². The second-order valence-corrected chi connectivity index (χ2v) is 6.62. The topological polar surface area (TPSA) is 30.5 Å². The van der Waals surface area contributed by atoms with Gasteiger partial charge in [-0.05, 0) is 49.4 Å². The average Bonchev–Trinajstić information content (AvgIpc) is 3.30. The second-order valence-electron chi connectivity index (χ2n) is 5.76. The zero-order chi connectivity index (χ0) is 13.9. The first kappa shape index (κ1) is 14.4. The predicted octanol–water partition coefficient (Wildman–Crippen LogP) is 3.68. The van der Waals surface area contributed by atoms with Gasteiger partial charge in [0.2, 0.25) is 0 Å². The normalized spacial score (nSPS) is 26.5. The van der Waals surface area contributed by atoms with Gasteiger partial charge in [-0.3, -0.25) is 0 Å². The van der Waals surface area contributed by atoms with Gasteiger partial charge in [-0.15, -0.1) is 0 Å². The molecule has 1 saturated heterocycles. The van der Waals surface area contributed by atoms with Crippen LogP contribution < -0.4 is 10.1 Å². The van der Waals surface area contributed by atoms with Gasteiger partial charge in [0, 0.05) is 29.6 Å². The Morgan fingerprint density at radius 2 is 2.20 bits per heavy atom. The molecule has 1 aromatic carbocycles. The maximum atomic E-state index is 6.08. The first-order chi connectivity index (χ1) is 9.78. The van der Waals surface area contributed by atoms with Crippen molar-refractivity contribution in [2.75, 3.05) is 20.3 Å². The summed E-state index contributed by atoms with van der Waals surface area (Å²) in [5, 5.41) is 3.65. The van der Waals surface area contributed by atoms with Gasteiger partial charge in [-0.25, -0.2) is 0 Å². The standard InChI is InChI=1S/C16H22BrNO2/c1-19-13-6-7-15(17)14(9-13)16-11(3-2-8-20-16)10-18-12-4-5-12/h6-7,9,11-12,16,18H,2-5,8,10H2,1H3. The molecule has 20 heavy (non-hydrogen) atoms. The van der Waals surface area contributed by atoms with Crippen LogP contribution in [0, 0.1) is 5.92 Å². The molecule has 1 aliphatic carbocycles. The van der Waals surface area contributed by atoms with Crippen LogP contribution in [-0.4, -0.2) is 26.3 Å². The van der Waals surface area contributed by atoms with Crippen molar-refractivity contribution in [3.05, 3.63) is 28.2 Å². The molecule has 2 atom stereocenters. The maximum absolute atomic E-state index is 6.08. The highest BCUT2D eigenvalue weighted by Gasteiger charge is 2.31. The highest BCUT2D eigenvalue weighted by Crippen LogP contribution is 2.38. The summed E-state index contributed by atoms with van der Waals surface area (Å²) < 4.78 is 12.5. The van der Waals surface area contributed by atoms with Gasteiger partial charge >= 0.3 is 0 Å². The number of hydrogen-bond donors (Lipinski definition) is 1. The lowest BCUT2D eigenvalue weighted by atomic mass is 9.89. The van der Waals surface area contributed by atoms with E-state index >= 15 is 0 Å². The average molecular weight is 340 g/mol. The monoisotopic (exact) mass is 339 g/mol. The Balaban J connectivity index is 1.76. The van der Waals surface area contributed by atoms with Crippen LogP contribution in [0.15, 0.2) is 22.7 Å². The lowest BCUT2D eigenvalue weighted by molar-refractivity contribution is -0.0283. The van der Waals surface area contributed by atoms with Crippen molar-refractivity contribution in [1.29, 1.82) is 0 Å². The van der Waals surface area contributed by atoms with E-state index in [1.165, 1.54) is 24.8 Å². The molecular weight excluding hydrogens is 318 g/mol. The quantitative estimate of drug-likeness (QED) is 0.887. The molecule has 2 aliphatic rings. The zero-order valence-electron chi connectivity index (χ0n) is 11.9. The van der Waals surface area contributed by atoms with Crippen molar-refractivity contribution < 1.29 is 9.47 Å². The zero-order valence-corrected chi connectivity index (χ0v) is 13.5. The fourth-order valence-corrected chi connectivity index (χ4v) is 3.34. The predicted molar refractivity (Wildman–Crippen MR) is 83.1 cm³/mol. The van der Waals surface area contributed by atoms with Crippen molar-refractivity contribution in [2.45, 2.75) is 37.8 Å². The molecule has 1 aliphatic heterocycles. The summed E-state index contributed by atoms with van der Waals surface area (Å²) in [6, 6.07) is 6.89. The summed E-state index contributed by atoms with van der Waals surface area (Å²) in [5.41, 5.74) is 1.21. The first-order valence-corrected chi connectivity index (χ1v) is 8.25. The van der Waals surface area contributed by atoms with Gasteiger partial charge in [0.15, 0.2) is 0 Å². The van der Waals surface area contributed by atoms with Crippen LogP contribution in [-0.2, 0) is 4.74 Å². The van der Waals surface area contributed by atoms with E-state index in [4.69, 9.17) is 9.47 Å². The van der Waals surface area contributed by atoms with E-state index in [-0.39, 0.29) is 6.10 Å². The highest BCUT2D eigenvalue weighted by molar-refractivity contribution is 9.10. The van der Waals surface area contributed by atoms with Gasteiger partial charge in [0.25, 0.3) is 0 Å². The lowest BCUT2D eigenvalue weighted by Crippen LogP contribution is -2.33. The number of nitrogens with one attached hydrogen (secondary N) is 1. The SMILES string of the molecule is COc1ccc(Br)c(C2OCCCC2CNC2CC2)c1. The van der Waals surface area contributed by atoms with E-state index in [1.54, 1.807) is 7.11 Å². The molecule has 3 nitrogen and oxygen atoms in total. The molecule has 4 heteroatoms. The van der Waals surface area contributed by atoms with Crippen LogP contribution in [0.1, 0.15) is 37.4 Å². The van der Waals surface area contributed by atoms with Crippen molar-refractivity contribution >= 4 is 15.9 Å². The van der Waals surface area contributed by atoms with E-state index in [9.17, 15) is 0 Å². The van der Waals surface area contributed by atoms with Crippen LogP contribution in [0.2, 0.25) is 0 Å². The Labute approximate surface area is 129 Å². The van der Waals surface area contributed by atoms with Crippen molar-refractivity contribution in [3.8, 4) is 5.75 Å². The maximum Gasteiger partial charge on any atom is 0.119 e. The molecule has 1 aromatic rings. The minimum Gasteiger partial charge on any atom is -0.497 e. The molecule has 1 saturated carbocycles. The number of halogens is 1. The van der Waals surface area contributed by atoms with E-state index < -0.39 is 0 Å². The molecule has 0 spiro atoms.